The fraction of sp³-hybridized carbons (Fsp3) is 0.278. The summed E-state index contributed by atoms with van der Waals surface area (Å²) in [7, 11) is -3.86. The molecule has 2 aromatic carbocycles. The Hall–Kier alpha value is -1.76. The quantitative estimate of drug-likeness (QED) is 0.824. The van der Waals surface area contributed by atoms with Crippen molar-refractivity contribution in [2.24, 2.45) is 5.92 Å². The Morgan fingerprint density at radius 3 is 2.62 bits per heavy atom. The molecule has 1 amide bonds. The maximum Gasteiger partial charge on any atom is 0.263 e. The molecule has 136 valence electrons. The number of fused-ring (bicyclic) bond motifs is 1. The number of carbonyl (C=O) groups is 1. The molecule has 0 radical (unpaired) electrons. The van der Waals surface area contributed by atoms with Gasteiger partial charge in [0.05, 0.1) is 5.02 Å². The number of hydrogen-bond donors (Lipinski definition) is 1. The van der Waals surface area contributed by atoms with Gasteiger partial charge in [-0.1, -0.05) is 23.2 Å². The van der Waals surface area contributed by atoms with Crippen LogP contribution in [0.15, 0.2) is 41.3 Å². The van der Waals surface area contributed by atoms with E-state index >= 15 is 0 Å². The number of anilines is 2. The molecule has 1 aliphatic heterocycles. The highest BCUT2D eigenvalue weighted by Crippen LogP contribution is 2.37. The summed E-state index contributed by atoms with van der Waals surface area (Å²) in [5.74, 6) is 0.326. The standard InChI is InChI=1S/C18H16Cl2N2O3S/c19-13-3-5-15(20)17(10-13)26(24,25)21-14-4-6-16-12(9-14)7-8-22(16)18(23)11-1-2-11/h3-6,9-11,21H,1-2,7-8H2. The van der Waals surface area contributed by atoms with Crippen molar-refractivity contribution in [3.63, 3.8) is 0 Å². The highest BCUT2D eigenvalue weighted by Gasteiger charge is 2.36. The lowest BCUT2D eigenvalue weighted by Gasteiger charge is -2.17. The van der Waals surface area contributed by atoms with Gasteiger partial charge in [0.25, 0.3) is 10.0 Å². The van der Waals surface area contributed by atoms with Gasteiger partial charge >= 0.3 is 0 Å². The molecule has 2 aliphatic rings. The Labute approximate surface area is 162 Å². The van der Waals surface area contributed by atoms with Gasteiger partial charge in [0, 0.05) is 28.9 Å². The van der Waals surface area contributed by atoms with Crippen molar-refractivity contribution < 1.29 is 13.2 Å². The number of benzene rings is 2. The molecule has 4 rings (SSSR count). The Morgan fingerprint density at radius 2 is 1.88 bits per heavy atom. The van der Waals surface area contributed by atoms with Crippen LogP contribution in [0.1, 0.15) is 18.4 Å². The summed E-state index contributed by atoms with van der Waals surface area (Å²) in [5, 5.41) is 0.391. The van der Waals surface area contributed by atoms with Crippen molar-refractivity contribution >= 4 is 50.5 Å². The normalized spacial score (nSPS) is 16.5. The van der Waals surface area contributed by atoms with E-state index in [0.717, 1.165) is 24.1 Å². The van der Waals surface area contributed by atoms with Gasteiger partial charge in [0.1, 0.15) is 4.90 Å². The van der Waals surface area contributed by atoms with E-state index in [9.17, 15) is 13.2 Å². The number of nitrogens with one attached hydrogen (secondary N) is 1. The van der Waals surface area contributed by atoms with Crippen molar-refractivity contribution in [3.8, 4) is 0 Å². The van der Waals surface area contributed by atoms with Crippen LogP contribution in [-0.2, 0) is 21.2 Å². The molecule has 5 nitrogen and oxygen atoms in total. The van der Waals surface area contributed by atoms with Crippen LogP contribution in [0, 0.1) is 5.92 Å². The van der Waals surface area contributed by atoms with Crippen LogP contribution < -0.4 is 9.62 Å². The molecule has 0 atom stereocenters. The minimum atomic E-state index is -3.86. The van der Waals surface area contributed by atoms with Gasteiger partial charge in [0.15, 0.2) is 0 Å². The number of hydrogen-bond acceptors (Lipinski definition) is 3. The molecule has 1 fully saturated rings. The molecular weight excluding hydrogens is 395 g/mol. The molecule has 1 N–H and O–H groups in total. The van der Waals surface area contributed by atoms with Crippen LogP contribution in [0.25, 0.3) is 0 Å². The lowest BCUT2D eigenvalue weighted by molar-refractivity contribution is -0.119. The minimum Gasteiger partial charge on any atom is -0.312 e. The van der Waals surface area contributed by atoms with Gasteiger partial charge in [-0.2, -0.15) is 0 Å². The molecule has 1 heterocycles. The molecule has 0 saturated heterocycles. The molecule has 0 unspecified atom stereocenters. The third-order valence-corrected chi connectivity index (χ3v) is 6.70. The second-order valence-corrected chi connectivity index (χ2v) is 9.03. The van der Waals surface area contributed by atoms with Crippen molar-refractivity contribution in [2.75, 3.05) is 16.2 Å². The molecule has 26 heavy (non-hydrogen) atoms. The van der Waals surface area contributed by atoms with Gasteiger partial charge in [-0.05, 0) is 61.2 Å². The van der Waals surface area contributed by atoms with Gasteiger partial charge in [0.2, 0.25) is 5.91 Å². The lowest BCUT2D eigenvalue weighted by atomic mass is 10.1. The third kappa shape index (κ3) is 3.29. The summed E-state index contributed by atoms with van der Waals surface area (Å²) in [5.41, 5.74) is 2.25. The van der Waals surface area contributed by atoms with Crippen molar-refractivity contribution in [1.82, 2.24) is 0 Å². The molecule has 2 aromatic rings. The van der Waals surface area contributed by atoms with Gasteiger partial charge in [-0.15, -0.1) is 0 Å². The summed E-state index contributed by atoms with van der Waals surface area (Å²) < 4.78 is 27.8. The summed E-state index contributed by atoms with van der Waals surface area (Å²) >= 11 is 11.9. The summed E-state index contributed by atoms with van der Waals surface area (Å²) in [4.78, 5) is 14.1. The second kappa shape index (κ2) is 6.44. The third-order valence-electron chi connectivity index (χ3n) is 4.60. The number of carbonyl (C=O) groups excluding carboxylic acids is 1. The smallest absolute Gasteiger partial charge is 0.263 e. The predicted octanol–water partition coefficient (Wildman–Crippen LogP) is 4.09. The van der Waals surface area contributed by atoms with E-state index in [1.165, 1.54) is 18.2 Å². The van der Waals surface area contributed by atoms with E-state index in [0.29, 0.717) is 18.7 Å². The Kier molecular flexibility index (Phi) is 4.37. The van der Waals surface area contributed by atoms with E-state index < -0.39 is 10.0 Å². The maximum atomic E-state index is 12.6. The average molecular weight is 411 g/mol. The van der Waals surface area contributed by atoms with Crippen molar-refractivity contribution in [2.45, 2.75) is 24.2 Å². The zero-order valence-corrected chi connectivity index (χ0v) is 16.0. The lowest BCUT2D eigenvalue weighted by Crippen LogP contribution is -2.30. The van der Waals surface area contributed by atoms with Crippen LogP contribution in [-0.4, -0.2) is 20.9 Å². The number of rotatable bonds is 4. The second-order valence-electron chi connectivity index (χ2n) is 6.54. The molecular formula is C18H16Cl2N2O3S. The highest BCUT2D eigenvalue weighted by molar-refractivity contribution is 7.92. The first-order valence-electron chi connectivity index (χ1n) is 8.27. The van der Waals surface area contributed by atoms with Crippen LogP contribution >= 0.6 is 23.2 Å². The number of sulfonamides is 1. The van der Waals surface area contributed by atoms with E-state index in [1.807, 2.05) is 0 Å². The van der Waals surface area contributed by atoms with E-state index in [1.54, 1.807) is 23.1 Å². The number of halogens is 2. The Bertz CT molecular complexity index is 1000. The van der Waals surface area contributed by atoms with Crippen molar-refractivity contribution in [3.05, 3.63) is 52.0 Å². The summed E-state index contributed by atoms with van der Waals surface area (Å²) in [6, 6.07) is 9.51. The van der Waals surface area contributed by atoms with Crippen LogP contribution in [0.5, 0.6) is 0 Å². The topological polar surface area (TPSA) is 66.5 Å². The molecule has 0 aromatic heterocycles. The van der Waals surface area contributed by atoms with E-state index in [-0.39, 0.29) is 26.8 Å². The highest BCUT2D eigenvalue weighted by atomic mass is 35.5. The fourth-order valence-electron chi connectivity index (χ4n) is 3.14. The van der Waals surface area contributed by atoms with Gasteiger partial charge in [-0.3, -0.25) is 9.52 Å². The first-order chi connectivity index (χ1) is 12.3. The number of amides is 1. The van der Waals surface area contributed by atoms with E-state index in [4.69, 9.17) is 23.2 Å². The predicted molar refractivity (Wildman–Crippen MR) is 102 cm³/mol. The largest absolute Gasteiger partial charge is 0.312 e. The number of nitrogens with zero attached hydrogens (tertiary/aromatic N) is 1. The minimum absolute atomic E-state index is 0.0716. The first kappa shape index (κ1) is 17.6. The molecule has 0 bridgehead atoms. The molecule has 8 heteroatoms. The molecule has 0 spiro atoms. The fourth-order valence-corrected chi connectivity index (χ4v) is 4.95. The average Bonchev–Trinajstić information content (AvgIpc) is 3.36. The Balaban J connectivity index is 1.60. The maximum absolute atomic E-state index is 12.6. The SMILES string of the molecule is O=C(C1CC1)N1CCc2cc(NS(=O)(=O)c3cc(Cl)ccc3Cl)ccc21. The zero-order chi connectivity index (χ0) is 18.5. The van der Waals surface area contributed by atoms with Crippen LogP contribution in [0.4, 0.5) is 11.4 Å². The summed E-state index contributed by atoms with van der Waals surface area (Å²) in [6.07, 6.45) is 2.63. The summed E-state index contributed by atoms with van der Waals surface area (Å²) in [6.45, 7) is 0.640. The van der Waals surface area contributed by atoms with E-state index in [2.05, 4.69) is 4.72 Å². The molecule has 1 aliphatic carbocycles. The molecule has 1 saturated carbocycles. The Morgan fingerprint density at radius 1 is 1.12 bits per heavy atom. The monoisotopic (exact) mass is 410 g/mol. The van der Waals surface area contributed by atoms with Gasteiger partial charge in [-0.25, -0.2) is 8.42 Å². The zero-order valence-electron chi connectivity index (χ0n) is 13.7. The first-order valence-corrected chi connectivity index (χ1v) is 10.5. The van der Waals surface area contributed by atoms with Crippen LogP contribution in [0.3, 0.4) is 0 Å². The van der Waals surface area contributed by atoms with Crippen molar-refractivity contribution in [1.29, 1.82) is 0 Å². The van der Waals surface area contributed by atoms with Gasteiger partial charge < -0.3 is 4.90 Å². The van der Waals surface area contributed by atoms with Crippen LogP contribution in [0.2, 0.25) is 10.0 Å².